The molecule has 6 heteroatoms. The normalized spacial score (nSPS) is 15.4. The minimum Gasteiger partial charge on any atom is -0.463 e. The first-order chi connectivity index (χ1) is 13.1. The highest BCUT2D eigenvalue weighted by atomic mass is 16.6. The third-order valence-electron chi connectivity index (χ3n) is 4.63. The SMILES string of the molecule is COC(=O)C1=C[C@@H](c2ccc([N+](=O)[O-])cc2)c2c(ccc3ccccc23)O1. The predicted molar refractivity (Wildman–Crippen MR) is 99.6 cm³/mol. The molecule has 0 fully saturated rings. The fraction of sp³-hybridized carbons (Fsp3) is 0.0952. The van der Waals surface area contributed by atoms with Gasteiger partial charge in [0.15, 0.2) is 0 Å². The number of non-ortho nitro benzene ring substituents is 1. The lowest BCUT2D eigenvalue weighted by atomic mass is 9.85. The summed E-state index contributed by atoms with van der Waals surface area (Å²) in [6.45, 7) is 0. The Kier molecular flexibility index (Phi) is 4.08. The number of rotatable bonds is 3. The van der Waals surface area contributed by atoms with Gasteiger partial charge in [0.1, 0.15) is 5.75 Å². The molecule has 3 aromatic rings. The van der Waals surface area contributed by atoms with E-state index in [-0.39, 0.29) is 17.4 Å². The number of hydrogen-bond acceptors (Lipinski definition) is 5. The van der Waals surface area contributed by atoms with E-state index in [9.17, 15) is 14.9 Å². The number of nitro benzene ring substituents is 1. The standard InChI is InChI=1S/C21H15NO5/c1-26-21(23)19-12-17(14-6-9-15(10-7-14)22(24)25)20-16-5-3-2-4-13(16)8-11-18(20)27-19/h2-12,17H,1H3/t17-/m0/s1. The molecule has 1 heterocycles. The molecule has 0 aromatic heterocycles. The summed E-state index contributed by atoms with van der Waals surface area (Å²) in [6, 6.07) is 18.0. The van der Waals surface area contributed by atoms with Crippen molar-refractivity contribution in [2.45, 2.75) is 5.92 Å². The molecule has 0 radical (unpaired) electrons. The number of carbonyl (C=O) groups excluding carboxylic acids is 1. The van der Waals surface area contributed by atoms with E-state index in [0.717, 1.165) is 21.9 Å². The zero-order valence-electron chi connectivity index (χ0n) is 14.4. The molecule has 0 bridgehead atoms. The lowest BCUT2D eigenvalue weighted by Gasteiger charge is -2.26. The van der Waals surface area contributed by atoms with Crippen molar-refractivity contribution in [1.82, 2.24) is 0 Å². The van der Waals surface area contributed by atoms with E-state index in [1.54, 1.807) is 18.2 Å². The summed E-state index contributed by atoms with van der Waals surface area (Å²) in [6.07, 6.45) is 1.70. The van der Waals surface area contributed by atoms with Crippen LogP contribution in [0.4, 0.5) is 5.69 Å². The smallest absolute Gasteiger partial charge is 0.373 e. The number of benzene rings is 3. The molecule has 0 N–H and O–H groups in total. The van der Waals surface area contributed by atoms with E-state index < -0.39 is 10.9 Å². The van der Waals surface area contributed by atoms with Crippen LogP contribution in [0.25, 0.3) is 10.8 Å². The number of hydrogen-bond donors (Lipinski definition) is 0. The lowest BCUT2D eigenvalue weighted by molar-refractivity contribution is -0.384. The number of fused-ring (bicyclic) bond motifs is 3. The summed E-state index contributed by atoms with van der Waals surface area (Å²) in [4.78, 5) is 22.6. The van der Waals surface area contributed by atoms with Gasteiger partial charge in [-0.1, -0.05) is 42.5 Å². The largest absolute Gasteiger partial charge is 0.463 e. The van der Waals surface area contributed by atoms with E-state index in [1.807, 2.05) is 36.4 Å². The number of carbonyl (C=O) groups is 1. The Morgan fingerprint density at radius 1 is 1.07 bits per heavy atom. The van der Waals surface area contributed by atoms with Crippen molar-refractivity contribution in [3.8, 4) is 5.75 Å². The lowest BCUT2D eigenvalue weighted by Crippen LogP contribution is -2.18. The van der Waals surface area contributed by atoms with Gasteiger partial charge in [-0.05, 0) is 28.5 Å². The first-order valence-electron chi connectivity index (χ1n) is 8.32. The maximum atomic E-state index is 12.1. The van der Waals surface area contributed by atoms with Gasteiger partial charge in [0, 0.05) is 23.6 Å². The van der Waals surface area contributed by atoms with Gasteiger partial charge in [-0.15, -0.1) is 0 Å². The predicted octanol–water partition coefficient (Wildman–Crippen LogP) is 4.33. The van der Waals surface area contributed by atoms with Crippen molar-refractivity contribution in [1.29, 1.82) is 0 Å². The minimum atomic E-state index is -0.569. The maximum Gasteiger partial charge on any atom is 0.373 e. The van der Waals surface area contributed by atoms with Crippen LogP contribution in [0.3, 0.4) is 0 Å². The van der Waals surface area contributed by atoms with Gasteiger partial charge in [0.05, 0.1) is 12.0 Å². The fourth-order valence-electron chi connectivity index (χ4n) is 3.35. The van der Waals surface area contributed by atoms with Crippen LogP contribution >= 0.6 is 0 Å². The third-order valence-corrected chi connectivity index (χ3v) is 4.63. The van der Waals surface area contributed by atoms with Crippen molar-refractivity contribution >= 4 is 22.4 Å². The molecule has 1 aliphatic heterocycles. The first kappa shape index (κ1) is 16.8. The highest BCUT2D eigenvalue weighted by Crippen LogP contribution is 2.43. The second kappa shape index (κ2) is 6.57. The van der Waals surface area contributed by atoms with Crippen molar-refractivity contribution in [3.63, 3.8) is 0 Å². The summed E-state index contributed by atoms with van der Waals surface area (Å²) >= 11 is 0. The quantitative estimate of drug-likeness (QED) is 0.394. The number of esters is 1. The minimum absolute atomic E-state index is 0.0149. The zero-order chi connectivity index (χ0) is 19.0. The van der Waals surface area contributed by atoms with Crippen LogP contribution in [-0.2, 0) is 9.53 Å². The van der Waals surface area contributed by atoms with E-state index in [0.29, 0.717) is 5.75 Å². The Balaban J connectivity index is 1.92. The van der Waals surface area contributed by atoms with Gasteiger partial charge in [-0.25, -0.2) is 4.79 Å². The Bertz CT molecular complexity index is 1090. The second-order valence-corrected chi connectivity index (χ2v) is 6.15. The fourth-order valence-corrected chi connectivity index (χ4v) is 3.35. The summed E-state index contributed by atoms with van der Waals surface area (Å²) in [5.41, 5.74) is 1.75. The van der Waals surface area contributed by atoms with Gasteiger partial charge < -0.3 is 9.47 Å². The Morgan fingerprint density at radius 2 is 1.81 bits per heavy atom. The molecule has 1 aliphatic rings. The highest BCUT2D eigenvalue weighted by Gasteiger charge is 2.29. The summed E-state index contributed by atoms with van der Waals surface area (Å²) in [5, 5.41) is 13.0. The van der Waals surface area contributed by atoms with Crippen molar-refractivity contribution < 1.29 is 19.2 Å². The van der Waals surface area contributed by atoms with E-state index in [4.69, 9.17) is 9.47 Å². The van der Waals surface area contributed by atoms with Crippen LogP contribution in [0.2, 0.25) is 0 Å². The van der Waals surface area contributed by atoms with Gasteiger partial charge in [-0.2, -0.15) is 0 Å². The van der Waals surface area contributed by atoms with E-state index in [2.05, 4.69) is 0 Å². The van der Waals surface area contributed by atoms with Crippen LogP contribution in [0.15, 0.2) is 72.5 Å². The van der Waals surface area contributed by atoms with Gasteiger partial charge in [-0.3, -0.25) is 10.1 Å². The zero-order valence-corrected chi connectivity index (χ0v) is 14.4. The number of ether oxygens (including phenoxy) is 2. The average Bonchev–Trinajstić information content (AvgIpc) is 2.72. The Morgan fingerprint density at radius 3 is 2.52 bits per heavy atom. The molecule has 0 saturated heterocycles. The van der Waals surface area contributed by atoms with E-state index in [1.165, 1.54) is 19.2 Å². The molecule has 3 aromatic carbocycles. The van der Waals surface area contributed by atoms with E-state index >= 15 is 0 Å². The molecule has 27 heavy (non-hydrogen) atoms. The van der Waals surface area contributed by atoms with Crippen molar-refractivity contribution in [2.24, 2.45) is 0 Å². The Hall–Kier alpha value is -3.67. The molecule has 134 valence electrons. The third kappa shape index (κ3) is 2.91. The molecule has 6 nitrogen and oxygen atoms in total. The summed E-state index contributed by atoms with van der Waals surface area (Å²) in [7, 11) is 1.29. The first-order valence-corrected chi connectivity index (χ1v) is 8.32. The topological polar surface area (TPSA) is 78.7 Å². The van der Waals surface area contributed by atoms with Crippen LogP contribution < -0.4 is 4.74 Å². The molecule has 0 amide bonds. The molecule has 0 aliphatic carbocycles. The Labute approximate surface area is 154 Å². The molecule has 0 spiro atoms. The highest BCUT2D eigenvalue weighted by molar-refractivity contribution is 5.92. The molecule has 1 atom stereocenters. The molecule has 0 saturated carbocycles. The average molecular weight is 361 g/mol. The van der Waals surface area contributed by atoms with Crippen LogP contribution in [0, 0.1) is 10.1 Å². The van der Waals surface area contributed by atoms with Crippen LogP contribution in [-0.4, -0.2) is 18.0 Å². The monoisotopic (exact) mass is 361 g/mol. The van der Waals surface area contributed by atoms with Crippen molar-refractivity contribution in [2.75, 3.05) is 7.11 Å². The number of methoxy groups -OCH3 is 1. The van der Waals surface area contributed by atoms with Gasteiger partial charge in [0.25, 0.3) is 5.69 Å². The van der Waals surface area contributed by atoms with Crippen LogP contribution in [0.1, 0.15) is 17.0 Å². The van der Waals surface area contributed by atoms with Gasteiger partial charge >= 0.3 is 5.97 Å². The second-order valence-electron chi connectivity index (χ2n) is 6.15. The molecular weight excluding hydrogens is 346 g/mol. The van der Waals surface area contributed by atoms with Crippen LogP contribution in [0.5, 0.6) is 5.75 Å². The molecular formula is C21H15NO5. The van der Waals surface area contributed by atoms with Crippen molar-refractivity contribution in [3.05, 3.63) is 93.7 Å². The molecule has 0 unspecified atom stereocenters. The number of nitro groups is 1. The summed E-state index contributed by atoms with van der Waals surface area (Å²) in [5.74, 6) is -0.195. The number of allylic oxidation sites excluding steroid dienone is 1. The molecule has 4 rings (SSSR count). The summed E-state index contributed by atoms with van der Waals surface area (Å²) < 4.78 is 10.6. The van der Waals surface area contributed by atoms with Gasteiger partial charge in [0.2, 0.25) is 5.76 Å². The number of nitrogens with zero attached hydrogens (tertiary/aromatic N) is 1. The maximum absolute atomic E-state index is 12.1.